The van der Waals surface area contributed by atoms with Crippen molar-refractivity contribution >= 4 is 17.9 Å². The molecule has 1 aromatic carbocycles. The van der Waals surface area contributed by atoms with Crippen LogP contribution in [0.25, 0.3) is 0 Å². The quantitative estimate of drug-likeness (QED) is 0.193. The molecule has 0 amide bonds. The van der Waals surface area contributed by atoms with Crippen LogP contribution in [-0.2, 0) is 23.8 Å². The minimum absolute atomic E-state index is 0.00207. The van der Waals surface area contributed by atoms with Crippen molar-refractivity contribution < 1.29 is 28.6 Å². The SMILES string of the molecule is CCCC[C@H](OC(=O)CCC(=O)O[C@@H]1C[C@@H]2CC[C@@]1(C)C2(C)C)c1ccccc1C(=O)O[C@@H]1C[C@@H]2CC[C@@]1(C)C2(C)C. The van der Waals surface area contributed by atoms with Crippen molar-refractivity contribution in [2.24, 2.45) is 33.5 Å². The Balaban J connectivity index is 1.21. The molecule has 4 aliphatic carbocycles. The summed E-state index contributed by atoms with van der Waals surface area (Å²) >= 11 is 0. The molecular weight excluding hydrogens is 528 g/mol. The second-order valence-electron chi connectivity index (χ2n) is 15.3. The van der Waals surface area contributed by atoms with Crippen molar-refractivity contribution in [2.75, 3.05) is 0 Å². The molecule has 6 nitrogen and oxygen atoms in total. The topological polar surface area (TPSA) is 78.9 Å². The van der Waals surface area contributed by atoms with Gasteiger partial charge in [0.2, 0.25) is 0 Å². The Morgan fingerprint density at radius 1 is 0.810 bits per heavy atom. The van der Waals surface area contributed by atoms with E-state index in [2.05, 4.69) is 48.5 Å². The van der Waals surface area contributed by atoms with Crippen LogP contribution < -0.4 is 0 Å². The van der Waals surface area contributed by atoms with Crippen LogP contribution in [0.4, 0.5) is 0 Å². The number of rotatable bonds is 11. The Hall–Kier alpha value is -2.37. The first-order valence-electron chi connectivity index (χ1n) is 16.4. The lowest BCUT2D eigenvalue weighted by atomic mass is 9.70. The predicted molar refractivity (Wildman–Crippen MR) is 162 cm³/mol. The summed E-state index contributed by atoms with van der Waals surface area (Å²) in [5.74, 6) is 0.0210. The average molecular weight is 581 g/mol. The molecule has 0 N–H and O–H groups in total. The molecule has 1 aromatic rings. The largest absolute Gasteiger partial charge is 0.462 e. The third-order valence-electron chi connectivity index (χ3n) is 13.1. The summed E-state index contributed by atoms with van der Waals surface area (Å²) in [5.41, 5.74) is 1.39. The van der Waals surface area contributed by atoms with Gasteiger partial charge >= 0.3 is 17.9 Å². The van der Waals surface area contributed by atoms with Gasteiger partial charge in [-0.25, -0.2) is 4.79 Å². The van der Waals surface area contributed by atoms with Crippen LogP contribution in [-0.4, -0.2) is 30.1 Å². The predicted octanol–water partition coefficient (Wildman–Crippen LogP) is 8.37. The van der Waals surface area contributed by atoms with E-state index in [0.717, 1.165) is 38.5 Å². The Bertz CT molecular complexity index is 1200. The van der Waals surface area contributed by atoms with E-state index in [1.165, 1.54) is 12.8 Å². The summed E-state index contributed by atoms with van der Waals surface area (Å²) in [6, 6.07) is 7.34. The lowest BCUT2D eigenvalue weighted by molar-refractivity contribution is -0.161. The van der Waals surface area contributed by atoms with E-state index in [0.29, 0.717) is 29.4 Å². The maximum Gasteiger partial charge on any atom is 0.338 e. The Morgan fingerprint density at radius 3 is 1.88 bits per heavy atom. The van der Waals surface area contributed by atoms with E-state index in [4.69, 9.17) is 14.2 Å². The molecule has 232 valence electrons. The fraction of sp³-hybridized carbons (Fsp3) is 0.750. The van der Waals surface area contributed by atoms with E-state index in [1.54, 1.807) is 6.07 Å². The van der Waals surface area contributed by atoms with Gasteiger partial charge in [-0.1, -0.05) is 73.1 Å². The zero-order valence-electron chi connectivity index (χ0n) is 26.9. The number of esters is 3. The number of carbonyl (C=O) groups excluding carboxylic acids is 3. The molecule has 0 radical (unpaired) electrons. The monoisotopic (exact) mass is 580 g/mol. The zero-order valence-corrected chi connectivity index (χ0v) is 26.9. The number of fused-ring (bicyclic) bond motifs is 4. The first kappa shape index (κ1) is 31.1. The van der Waals surface area contributed by atoms with Gasteiger partial charge < -0.3 is 14.2 Å². The smallest absolute Gasteiger partial charge is 0.338 e. The van der Waals surface area contributed by atoms with E-state index in [9.17, 15) is 14.4 Å². The van der Waals surface area contributed by atoms with Crippen LogP contribution in [0.3, 0.4) is 0 Å². The first-order valence-corrected chi connectivity index (χ1v) is 16.4. The second kappa shape index (κ2) is 11.3. The number of benzene rings is 1. The summed E-state index contributed by atoms with van der Waals surface area (Å²) < 4.78 is 18.1. The van der Waals surface area contributed by atoms with Crippen molar-refractivity contribution in [2.45, 2.75) is 137 Å². The summed E-state index contributed by atoms with van der Waals surface area (Å²) in [4.78, 5) is 39.4. The highest BCUT2D eigenvalue weighted by molar-refractivity contribution is 5.91. The van der Waals surface area contributed by atoms with Crippen molar-refractivity contribution in [3.05, 3.63) is 35.4 Å². The summed E-state index contributed by atoms with van der Waals surface area (Å²) in [7, 11) is 0. The Labute approximate surface area is 252 Å². The van der Waals surface area contributed by atoms with Gasteiger partial charge in [0, 0.05) is 16.4 Å². The summed E-state index contributed by atoms with van der Waals surface area (Å²) in [5, 5.41) is 0. The van der Waals surface area contributed by atoms with E-state index in [-0.39, 0.29) is 58.6 Å². The van der Waals surface area contributed by atoms with E-state index in [1.807, 2.05) is 18.2 Å². The first-order chi connectivity index (χ1) is 19.7. The maximum absolute atomic E-state index is 13.6. The molecule has 5 rings (SSSR count). The van der Waals surface area contributed by atoms with Gasteiger partial charge in [-0.2, -0.15) is 0 Å². The average Bonchev–Trinajstić information content (AvgIpc) is 3.46. The Kier molecular flexibility index (Phi) is 8.35. The van der Waals surface area contributed by atoms with Crippen molar-refractivity contribution in [3.8, 4) is 0 Å². The van der Waals surface area contributed by atoms with Gasteiger partial charge in [-0.15, -0.1) is 0 Å². The van der Waals surface area contributed by atoms with E-state index >= 15 is 0 Å². The molecule has 4 saturated carbocycles. The van der Waals surface area contributed by atoms with Crippen LogP contribution in [0.1, 0.15) is 141 Å². The van der Waals surface area contributed by atoms with Gasteiger partial charge in [0.1, 0.15) is 18.3 Å². The molecule has 4 aliphatic rings. The number of carbonyl (C=O) groups is 3. The van der Waals surface area contributed by atoms with Crippen LogP contribution >= 0.6 is 0 Å². The lowest BCUT2D eigenvalue weighted by Crippen LogP contribution is -2.38. The van der Waals surface area contributed by atoms with Crippen LogP contribution in [0.5, 0.6) is 0 Å². The van der Waals surface area contributed by atoms with Crippen LogP contribution in [0.2, 0.25) is 0 Å². The highest BCUT2D eigenvalue weighted by atomic mass is 16.6. The number of unbranched alkanes of at least 4 members (excludes halogenated alkanes) is 1. The highest BCUT2D eigenvalue weighted by Gasteiger charge is 2.64. The molecule has 42 heavy (non-hydrogen) atoms. The van der Waals surface area contributed by atoms with Gasteiger partial charge in [-0.3, -0.25) is 9.59 Å². The van der Waals surface area contributed by atoms with Crippen molar-refractivity contribution in [1.29, 1.82) is 0 Å². The van der Waals surface area contributed by atoms with Crippen molar-refractivity contribution in [3.63, 3.8) is 0 Å². The molecule has 6 heteroatoms. The minimum Gasteiger partial charge on any atom is -0.462 e. The van der Waals surface area contributed by atoms with Crippen molar-refractivity contribution in [1.82, 2.24) is 0 Å². The minimum atomic E-state index is -0.574. The normalized spacial score (nSPS) is 34.3. The number of ether oxygens (including phenoxy) is 3. The zero-order chi connectivity index (χ0) is 30.5. The molecule has 0 saturated heterocycles. The number of hydrogen-bond donors (Lipinski definition) is 0. The van der Waals surface area contributed by atoms with Gasteiger partial charge in [0.05, 0.1) is 18.4 Å². The molecule has 0 spiro atoms. The van der Waals surface area contributed by atoms with Crippen LogP contribution in [0, 0.1) is 33.5 Å². The van der Waals surface area contributed by atoms with Gasteiger partial charge in [-0.05, 0) is 80.1 Å². The molecule has 7 atom stereocenters. The molecule has 4 bridgehead atoms. The lowest BCUT2D eigenvalue weighted by Gasteiger charge is -2.38. The molecule has 0 aliphatic heterocycles. The number of hydrogen-bond acceptors (Lipinski definition) is 6. The molecule has 4 fully saturated rings. The summed E-state index contributed by atoms with van der Waals surface area (Å²) in [6.45, 7) is 15.8. The second-order valence-corrected chi connectivity index (χ2v) is 15.3. The molecule has 0 unspecified atom stereocenters. The standard InChI is InChI=1S/C36H52O6/c1-8-9-14-27(40-30(37)15-16-31(38)41-28-21-23-17-19-35(28,6)33(23,2)3)25-12-10-11-13-26(25)32(39)42-29-22-24-18-20-36(29,7)34(24,4)5/h10-13,23-24,27-29H,8-9,14-22H2,1-7H3/t23-,24-,27-,28+,29+,35+,36+/m0/s1. The summed E-state index contributed by atoms with van der Waals surface area (Å²) in [6.07, 6.45) is 7.89. The van der Waals surface area contributed by atoms with Gasteiger partial charge in [0.15, 0.2) is 0 Å². The maximum atomic E-state index is 13.6. The molecular formula is C36H52O6. The highest BCUT2D eigenvalue weighted by Crippen LogP contribution is 2.67. The third kappa shape index (κ3) is 5.09. The third-order valence-corrected chi connectivity index (χ3v) is 13.1. The van der Waals surface area contributed by atoms with Gasteiger partial charge in [0.25, 0.3) is 0 Å². The fourth-order valence-electron chi connectivity index (χ4n) is 9.08. The molecule has 0 heterocycles. The Morgan fingerprint density at radius 2 is 1.36 bits per heavy atom. The van der Waals surface area contributed by atoms with E-state index < -0.39 is 12.1 Å². The molecule has 0 aromatic heterocycles. The fourth-order valence-corrected chi connectivity index (χ4v) is 9.08. The van der Waals surface area contributed by atoms with Crippen LogP contribution in [0.15, 0.2) is 24.3 Å².